The van der Waals surface area contributed by atoms with Crippen LogP contribution in [0.5, 0.6) is 0 Å². The molecule has 0 amide bonds. The Balaban J connectivity index is 2.51. The van der Waals surface area contributed by atoms with Gasteiger partial charge in [-0.25, -0.2) is 0 Å². The molecular weight excluding hydrogens is 388 g/mol. The minimum Gasteiger partial charge on any atom is -0.455 e. The van der Waals surface area contributed by atoms with Gasteiger partial charge in [-0.05, 0) is 17.4 Å². The Kier molecular flexibility index (Phi) is 7.85. The molecule has 1 aliphatic rings. The third kappa shape index (κ3) is 5.46. The van der Waals surface area contributed by atoms with Gasteiger partial charge in [-0.1, -0.05) is 24.3 Å². The van der Waals surface area contributed by atoms with Gasteiger partial charge in [0.2, 0.25) is 0 Å². The fraction of sp³-hybridized carbons (Fsp3) is 0.526. The number of hydrogen-bond donors (Lipinski definition) is 1. The molecule has 5 atom stereocenters. The maximum atomic E-state index is 11.8. The fourth-order valence-electron chi connectivity index (χ4n) is 3.10. The van der Waals surface area contributed by atoms with Crippen molar-refractivity contribution in [1.29, 1.82) is 0 Å². The van der Waals surface area contributed by atoms with Crippen molar-refractivity contribution in [2.45, 2.75) is 57.2 Å². The van der Waals surface area contributed by atoms with Crippen LogP contribution in [0.4, 0.5) is 0 Å². The molecule has 1 heterocycles. The second-order valence-electron chi connectivity index (χ2n) is 6.29. The lowest BCUT2D eigenvalue weighted by molar-refractivity contribution is -0.233. The molecular formula is C19H24O8S. The van der Waals surface area contributed by atoms with E-state index in [1.54, 1.807) is 30.5 Å². The van der Waals surface area contributed by atoms with E-state index >= 15 is 0 Å². The van der Waals surface area contributed by atoms with E-state index in [9.17, 15) is 19.5 Å². The number of thioether (sulfide) groups is 1. The van der Waals surface area contributed by atoms with Gasteiger partial charge < -0.3 is 24.1 Å². The van der Waals surface area contributed by atoms with E-state index < -0.39 is 47.8 Å². The number of esters is 3. The number of carbonyl (C=O) groups excluding carboxylic acids is 3. The third-order valence-electron chi connectivity index (χ3n) is 4.10. The summed E-state index contributed by atoms with van der Waals surface area (Å²) < 4.78 is 22.3. The smallest absolute Gasteiger partial charge is 0.303 e. The maximum absolute atomic E-state index is 11.8. The van der Waals surface area contributed by atoms with Crippen LogP contribution in [0.1, 0.15) is 38.0 Å². The van der Waals surface area contributed by atoms with E-state index in [-0.39, 0.29) is 6.61 Å². The van der Waals surface area contributed by atoms with Gasteiger partial charge in [0.05, 0.1) is 6.61 Å². The maximum Gasteiger partial charge on any atom is 0.303 e. The molecule has 1 N–H and O–H groups in total. The predicted molar refractivity (Wildman–Crippen MR) is 100 cm³/mol. The van der Waals surface area contributed by atoms with Gasteiger partial charge in [-0.15, -0.1) is 11.8 Å². The SMILES string of the molecule is CS[C@H]1O[C@@H](c2cccc(CO)c2)[C@H](OC(C)=O)[C@@H](OC(C)=O)[C@@H]1OC(C)=O. The molecule has 0 aromatic heterocycles. The molecule has 1 aromatic rings. The molecule has 2 rings (SSSR count). The highest BCUT2D eigenvalue weighted by atomic mass is 32.2. The molecule has 154 valence electrons. The van der Waals surface area contributed by atoms with Gasteiger partial charge in [-0.2, -0.15) is 0 Å². The summed E-state index contributed by atoms with van der Waals surface area (Å²) in [5, 5.41) is 9.42. The highest BCUT2D eigenvalue weighted by Gasteiger charge is 2.52. The van der Waals surface area contributed by atoms with Crippen LogP contribution in [0.25, 0.3) is 0 Å². The Bertz CT molecular complexity index is 722. The standard InChI is InChI=1S/C19H24O8S/c1-10(21)24-16-15(14-7-5-6-13(8-14)9-20)27-19(28-4)18(26-12(3)23)17(16)25-11(2)22/h5-8,15-20H,9H2,1-4H3/t15-,16-,17+,18-,19+/m0/s1. The minimum absolute atomic E-state index is 0.172. The lowest BCUT2D eigenvalue weighted by atomic mass is 9.93. The van der Waals surface area contributed by atoms with Gasteiger partial charge in [0.15, 0.2) is 18.3 Å². The molecule has 0 radical (unpaired) electrons. The summed E-state index contributed by atoms with van der Waals surface area (Å²) in [7, 11) is 0. The lowest BCUT2D eigenvalue weighted by Gasteiger charge is -2.44. The summed E-state index contributed by atoms with van der Waals surface area (Å²) in [4.78, 5) is 35.1. The van der Waals surface area contributed by atoms with E-state index in [4.69, 9.17) is 18.9 Å². The van der Waals surface area contributed by atoms with Crippen molar-refractivity contribution in [1.82, 2.24) is 0 Å². The Morgan fingerprint density at radius 2 is 1.57 bits per heavy atom. The fourth-order valence-corrected chi connectivity index (χ4v) is 3.81. The lowest BCUT2D eigenvalue weighted by Crippen LogP contribution is -2.57. The van der Waals surface area contributed by atoms with Crippen molar-refractivity contribution < 1.29 is 38.4 Å². The van der Waals surface area contributed by atoms with Crippen molar-refractivity contribution >= 4 is 29.7 Å². The van der Waals surface area contributed by atoms with Crippen molar-refractivity contribution in [3.8, 4) is 0 Å². The topological polar surface area (TPSA) is 108 Å². The third-order valence-corrected chi connectivity index (χ3v) is 4.94. The Labute approximate surface area is 167 Å². The van der Waals surface area contributed by atoms with Crippen LogP contribution in [0, 0.1) is 0 Å². The zero-order valence-corrected chi connectivity index (χ0v) is 16.9. The number of carbonyl (C=O) groups is 3. The highest BCUT2D eigenvalue weighted by Crippen LogP contribution is 2.40. The number of aliphatic hydroxyl groups excluding tert-OH is 1. The molecule has 1 saturated heterocycles. The van der Waals surface area contributed by atoms with Gasteiger partial charge >= 0.3 is 17.9 Å². The number of rotatable bonds is 6. The van der Waals surface area contributed by atoms with Crippen molar-refractivity contribution in [3.05, 3.63) is 35.4 Å². The summed E-state index contributed by atoms with van der Waals surface area (Å²) in [6.07, 6.45) is -2.08. The van der Waals surface area contributed by atoms with E-state index in [0.29, 0.717) is 11.1 Å². The zero-order valence-electron chi connectivity index (χ0n) is 16.1. The molecule has 0 bridgehead atoms. The molecule has 0 unspecified atom stereocenters. The number of ether oxygens (including phenoxy) is 4. The van der Waals surface area contributed by atoms with Crippen molar-refractivity contribution in [2.24, 2.45) is 0 Å². The van der Waals surface area contributed by atoms with Gasteiger partial charge in [0.25, 0.3) is 0 Å². The van der Waals surface area contributed by atoms with E-state index in [1.165, 1.54) is 32.5 Å². The summed E-state index contributed by atoms with van der Waals surface area (Å²) in [5.41, 5.74) is 0.618. The quantitative estimate of drug-likeness (QED) is 0.552. The second kappa shape index (κ2) is 9.90. The van der Waals surface area contributed by atoms with Crippen LogP contribution >= 0.6 is 11.8 Å². The Hall–Kier alpha value is -2.10. The van der Waals surface area contributed by atoms with Gasteiger partial charge in [-0.3, -0.25) is 14.4 Å². The number of aliphatic hydroxyl groups is 1. The minimum atomic E-state index is -1.06. The molecule has 1 aromatic carbocycles. The Morgan fingerprint density at radius 3 is 2.11 bits per heavy atom. The van der Waals surface area contributed by atoms with Crippen molar-refractivity contribution in [2.75, 3.05) is 6.26 Å². The molecule has 0 aliphatic carbocycles. The molecule has 1 aliphatic heterocycles. The number of benzene rings is 1. The van der Waals surface area contributed by atoms with Crippen LogP contribution in [0.15, 0.2) is 24.3 Å². The average molecular weight is 412 g/mol. The van der Waals surface area contributed by atoms with E-state index in [0.717, 1.165) is 0 Å². The van der Waals surface area contributed by atoms with Crippen LogP contribution in [0.2, 0.25) is 0 Å². The Morgan fingerprint density at radius 1 is 1.00 bits per heavy atom. The average Bonchev–Trinajstić information content (AvgIpc) is 2.63. The largest absolute Gasteiger partial charge is 0.455 e. The first-order chi connectivity index (χ1) is 13.3. The zero-order chi connectivity index (χ0) is 20.8. The second-order valence-corrected chi connectivity index (χ2v) is 7.22. The van der Waals surface area contributed by atoms with Crippen LogP contribution in [-0.2, 0) is 39.9 Å². The van der Waals surface area contributed by atoms with E-state index in [2.05, 4.69) is 0 Å². The molecule has 28 heavy (non-hydrogen) atoms. The normalized spacial score (nSPS) is 27.0. The summed E-state index contributed by atoms with van der Waals surface area (Å²) in [6, 6.07) is 6.96. The molecule has 0 saturated carbocycles. The summed E-state index contributed by atoms with van der Waals surface area (Å²) in [5.74, 6) is -1.78. The monoisotopic (exact) mass is 412 g/mol. The molecule has 8 nitrogen and oxygen atoms in total. The predicted octanol–water partition coefficient (Wildman–Crippen LogP) is 1.73. The van der Waals surface area contributed by atoms with Crippen LogP contribution < -0.4 is 0 Å². The number of hydrogen-bond acceptors (Lipinski definition) is 9. The summed E-state index contributed by atoms with van der Waals surface area (Å²) >= 11 is 1.28. The van der Waals surface area contributed by atoms with Crippen LogP contribution in [-0.4, -0.2) is 53.0 Å². The highest BCUT2D eigenvalue weighted by molar-refractivity contribution is 7.99. The van der Waals surface area contributed by atoms with Gasteiger partial charge in [0, 0.05) is 20.8 Å². The first kappa shape index (κ1) is 22.2. The van der Waals surface area contributed by atoms with Gasteiger partial charge in [0.1, 0.15) is 11.5 Å². The molecule has 0 spiro atoms. The molecule has 9 heteroatoms. The first-order valence-corrected chi connectivity index (χ1v) is 9.95. The first-order valence-electron chi connectivity index (χ1n) is 8.66. The van der Waals surface area contributed by atoms with Crippen LogP contribution in [0.3, 0.4) is 0 Å². The van der Waals surface area contributed by atoms with Crippen molar-refractivity contribution in [3.63, 3.8) is 0 Å². The summed E-state index contributed by atoms with van der Waals surface area (Å²) in [6.45, 7) is 3.52. The molecule has 1 fully saturated rings. The van der Waals surface area contributed by atoms with E-state index in [1.807, 2.05) is 0 Å².